The molecule has 0 saturated carbocycles. The summed E-state index contributed by atoms with van der Waals surface area (Å²) in [4.78, 5) is 0. The minimum Gasteiger partial charge on any atom is -0.486 e. The molecule has 0 saturated heterocycles. The number of ether oxygens (including phenoxy) is 1. The number of halogens is 1. The van der Waals surface area contributed by atoms with Crippen molar-refractivity contribution >= 4 is 0 Å². The van der Waals surface area contributed by atoms with E-state index in [2.05, 4.69) is 27.7 Å². The Bertz CT molecular complexity index is 386. The van der Waals surface area contributed by atoms with Gasteiger partial charge in [0.15, 0.2) is 0 Å². The molecule has 1 nitrogen and oxygen atoms in total. The van der Waals surface area contributed by atoms with Crippen LogP contribution in [0.3, 0.4) is 0 Å². The van der Waals surface area contributed by atoms with Crippen LogP contribution in [0.1, 0.15) is 39.2 Å². The zero-order valence-electron chi connectivity index (χ0n) is 9.67. The van der Waals surface area contributed by atoms with E-state index in [-0.39, 0.29) is 11.4 Å². The van der Waals surface area contributed by atoms with Gasteiger partial charge < -0.3 is 4.74 Å². The van der Waals surface area contributed by atoms with Gasteiger partial charge in [0.05, 0.1) is 0 Å². The van der Waals surface area contributed by atoms with Crippen molar-refractivity contribution in [3.8, 4) is 5.75 Å². The Morgan fingerprint density at radius 3 is 2.67 bits per heavy atom. The van der Waals surface area contributed by atoms with Crippen molar-refractivity contribution in [1.29, 1.82) is 0 Å². The molecular weight excluding hydrogens is 191 g/mol. The number of rotatable bonds is 1. The highest BCUT2D eigenvalue weighted by Gasteiger charge is 2.44. The zero-order chi connectivity index (χ0) is 11.2. The van der Waals surface area contributed by atoms with Gasteiger partial charge in [0.25, 0.3) is 0 Å². The third-order valence-corrected chi connectivity index (χ3v) is 3.78. The molecule has 2 atom stereocenters. The van der Waals surface area contributed by atoms with Gasteiger partial charge in [-0.3, -0.25) is 0 Å². The first-order valence-corrected chi connectivity index (χ1v) is 5.43. The molecule has 0 radical (unpaired) electrons. The molecule has 0 aromatic heterocycles. The minimum atomic E-state index is -0.228. The average molecular weight is 208 g/mol. The van der Waals surface area contributed by atoms with Crippen LogP contribution in [0, 0.1) is 11.7 Å². The van der Waals surface area contributed by atoms with Crippen molar-refractivity contribution in [2.24, 2.45) is 5.92 Å². The van der Waals surface area contributed by atoms with E-state index in [1.165, 1.54) is 12.1 Å². The molecule has 0 N–H and O–H groups in total. The van der Waals surface area contributed by atoms with Crippen molar-refractivity contribution in [3.63, 3.8) is 0 Å². The van der Waals surface area contributed by atoms with Gasteiger partial charge in [-0.2, -0.15) is 0 Å². The lowest BCUT2D eigenvalue weighted by atomic mass is 9.79. The number of hydrogen-bond donors (Lipinski definition) is 0. The van der Waals surface area contributed by atoms with Gasteiger partial charge in [0.1, 0.15) is 17.2 Å². The van der Waals surface area contributed by atoms with Crippen LogP contribution in [0.25, 0.3) is 0 Å². The molecule has 1 aromatic carbocycles. The predicted octanol–water partition coefficient (Wildman–Crippen LogP) is 3.74. The fraction of sp³-hybridized carbons (Fsp3) is 0.538. The molecule has 1 heterocycles. The summed E-state index contributed by atoms with van der Waals surface area (Å²) in [5.74, 6) is 1.20. The van der Waals surface area contributed by atoms with Crippen LogP contribution in [-0.2, 0) is 0 Å². The highest BCUT2D eigenvalue weighted by Crippen LogP contribution is 2.47. The van der Waals surface area contributed by atoms with Gasteiger partial charge in [0.2, 0.25) is 0 Å². The van der Waals surface area contributed by atoms with Crippen molar-refractivity contribution in [1.82, 2.24) is 0 Å². The Morgan fingerprint density at radius 2 is 2.07 bits per heavy atom. The summed E-state index contributed by atoms with van der Waals surface area (Å²) in [5.41, 5.74) is 0.906. The minimum absolute atomic E-state index is 0.212. The van der Waals surface area contributed by atoms with E-state index in [0.717, 1.165) is 5.56 Å². The summed E-state index contributed by atoms with van der Waals surface area (Å²) in [6.07, 6.45) is 0. The Balaban J connectivity index is 2.45. The molecule has 2 rings (SSSR count). The first-order valence-electron chi connectivity index (χ1n) is 5.43. The van der Waals surface area contributed by atoms with E-state index in [1.807, 2.05) is 6.07 Å². The fourth-order valence-electron chi connectivity index (χ4n) is 2.21. The van der Waals surface area contributed by atoms with E-state index in [0.29, 0.717) is 17.6 Å². The maximum Gasteiger partial charge on any atom is 0.126 e. The molecule has 1 aliphatic rings. The summed E-state index contributed by atoms with van der Waals surface area (Å²) in [6.45, 7) is 8.52. The molecule has 0 fully saturated rings. The van der Waals surface area contributed by atoms with E-state index >= 15 is 0 Å². The van der Waals surface area contributed by atoms with Crippen LogP contribution in [0.4, 0.5) is 4.39 Å². The SMILES string of the molecule is CC(C)C1(C)Oc2cc(F)ccc2C1C. The maximum absolute atomic E-state index is 13.1. The average Bonchev–Trinajstić information content (AvgIpc) is 2.40. The quantitative estimate of drug-likeness (QED) is 0.683. The van der Waals surface area contributed by atoms with E-state index in [9.17, 15) is 4.39 Å². The van der Waals surface area contributed by atoms with E-state index in [4.69, 9.17) is 4.74 Å². The molecule has 2 heteroatoms. The Labute approximate surface area is 90.3 Å². The predicted molar refractivity (Wildman–Crippen MR) is 58.7 cm³/mol. The van der Waals surface area contributed by atoms with Crippen molar-refractivity contribution in [3.05, 3.63) is 29.6 Å². The summed E-state index contributed by atoms with van der Waals surface area (Å²) >= 11 is 0. The molecule has 2 unspecified atom stereocenters. The third-order valence-electron chi connectivity index (χ3n) is 3.78. The highest BCUT2D eigenvalue weighted by molar-refractivity contribution is 5.43. The van der Waals surface area contributed by atoms with Crippen molar-refractivity contribution in [2.45, 2.75) is 39.2 Å². The first kappa shape index (κ1) is 10.5. The lowest BCUT2D eigenvalue weighted by Crippen LogP contribution is -2.38. The molecule has 15 heavy (non-hydrogen) atoms. The Kier molecular flexibility index (Phi) is 2.25. The molecule has 1 aromatic rings. The molecule has 0 aliphatic carbocycles. The Morgan fingerprint density at radius 1 is 1.40 bits per heavy atom. The summed E-state index contributed by atoms with van der Waals surface area (Å²) < 4.78 is 19.0. The second-order valence-electron chi connectivity index (χ2n) is 4.84. The third kappa shape index (κ3) is 1.43. The molecule has 0 amide bonds. The van der Waals surface area contributed by atoms with Gasteiger partial charge in [-0.1, -0.05) is 26.8 Å². The Hall–Kier alpha value is -1.05. The van der Waals surface area contributed by atoms with Crippen LogP contribution in [-0.4, -0.2) is 5.60 Å². The number of hydrogen-bond acceptors (Lipinski definition) is 1. The maximum atomic E-state index is 13.1. The summed E-state index contributed by atoms with van der Waals surface area (Å²) in [7, 11) is 0. The van der Waals surface area contributed by atoms with E-state index < -0.39 is 0 Å². The molecular formula is C13H17FO. The van der Waals surface area contributed by atoms with Crippen molar-refractivity contribution < 1.29 is 9.13 Å². The van der Waals surface area contributed by atoms with Crippen LogP contribution < -0.4 is 4.74 Å². The van der Waals surface area contributed by atoms with Gasteiger partial charge in [-0.15, -0.1) is 0 Å². The lowest BCUT2D eigenvalue weighted by molar-refractivity contribution is 0.0441. The standard InChI is InChI=1S/C13H17FO/c1-8(2)13(4)9(3)11-6-5-10(14)7-12(11)15-13/h5-9H,1-4H3. The van der Waals surface area contributed by atoms with E-state index in [1.54, 1.807) is 0 Å². The normalized spacial score (nSPS) is 29.1. The highest BCUT2D eigenvalue weighted by atomic mass is 19.1. The molecule has 1 aliphatic heterocycles. The lowest BCUT2D eigenvalue weighted by Gasteiger charge is -2.32. The fourth-order valence-corrected chi connectivity index (χ4v) is 2.21. The van der Waals surface area contributed by atoms with Crippen LogP contribution >= 0.6 is 0 Å². The van der Waals surface area contributed by atoms with Gasteiger partial charge in [0, 0.05) is 17.5 Å². The number of fused-ring (bicyclic) bond motifs is 1. The van der Waals surface area contributed by atoms with Crippen LogP contribution in [0.2, 0.25) is 0 Å². The van der Waals surface area contributed by atoms with Gasteiger partial charge in [-0.05, 0) is 18.9 Å². The largest absolute Gasteiger partial charge is 0.486 e. The smallest absolute Gasteiger partial charge is 0.126 e. The van der Waals surface area contributed by atoms with Crippen molar-refractivity contribution in [2.75, 3.05) is 0 Å². The number of benzene rings is 1. The monoisotopic (exact) mass is 208 g/mol. The van der Waals surface area contributed by atoms with Crippen LogP contribution in [0.15, 0.2) is 18.2 Å². The first-order chi connectivity index (χ1) is 6.95. The van der Waals surface area contributed by atoms with Gasteiger partial charge >= 0.3 is 0 Å². The molecule has 0 bridgehead atoms. The second kappa shape index (κ2) is 3.22. The topological polar surface area (TPSA) is 9.23 Å². The summed E-state index contributed by atoms with van der Waals surface area (Å²) in [6, 6.07) is 4.83. The molecule has 82 valence electrons. The zero-order valence-corrected chi connectivity index (χ0v) is 9.67. The van der Waals surface area contributed by atoms with Gasteiger partial charge in [-0.25, -0.2) is 4.39 Å². The molecule has 0 spiro atoms. The summed E-state index contributed by atoms with van der Waals surface area (Å²) in [5, 5.41) is 0. The second-order valence-corrected chi connectivity index (χ2v) is 4.84. The van der Waals surface area contributed by atoms with Crippen LogP contribution in [0.5, 0.6) is 5.75 Å².